The fraction of sp³-hybridized carbons (Fsp3) is 0.250. The van der Waals surface area contributed by atoms with Crippen LogP contribution >= 0.6 is 0 Å². The lowest BCUT2D eigenvalue weighted by Crippen LogP contribution is -2.05. The number of carbonyl (C=O) groups is 1. The van der Waals surface area contributed by atoms with E-state index in [1.807, 2.05) is 0 Å². The average Bonchev–Trinajstić information content (AvgIpc) is 2.27. The maximum atomic E-state index is 11.9. The molecule has 1 aromatic rings. The quantitative estimate of drug-likeness (QED) is 0.668. The lowest BCUT2D eigenvalue weighted by atomic mass is 10.1. The van der Waals surface area contributed by atoms with Crippen molar-refractivity contribution in [2.24, 2.45) is 0 Å². The fourth-order valence-electron chi connectivity index (χ4n) is 1.23. The maximum Gasteiger partial charge on any atom is 0.392 e. The molecule has 6 heteroatoms. The SMILES string of the molecule is COc1cc(C(=O)/C=C/CC(F)(F)F)ccc1O. The molecule has 0 aliphatic rings. The number of phenolic OH excluding ortho intramolecular Hbond substituents is 1. The Morgan fingerprint density at radius 2 is 2.11 bits per heavy atom. The van der Waals surface area contributed by atoms with E-state index in [4.69, 9.17) is 4.74 Å². The molecule has 0 fully saturated rings. The predicted octanol–water partition coefficient (Wildman–Crippen LogP) is 3.09. The summed E-state index contributed by atoms with van der Waals surface area (Å²) in [6.45, 7) is 0. The minimum Gasteiger partial charge on any atom is -0.504 e. The van der Waals surface area contributed by atoms with Gasteiger partial charge in [-0.3, -0.25) is 4.79 Å². The summed E-state index contributed by atoms with van der Waals surface area (Å²) in [5.41, 5.74) is 0.142. The second-order valence-corrected chi connectivity index (χ2v) is 3.47. The summed E-state index contributed by atoms with van der Waals surface area (Å²) in [5, 5.41) is 9.30. The third-order valence-electron chi connectivity index (χ3n) is 2.08. The Labute approximate surface area is 101 Å². The number of benzene rings is 1. The summed E-state index contributed by atoms with van der Waals surface area (Å²) in [4.78, 5) is 11.5. The molecule has 0 saturated heterocycles. The van der Waals surface area contributed by atoms with E-state index in [0.717, 1.165) is 12.2 Å². The summed E-state index contributed by atoms with van der Waals surface area (Å²) in [6.07, 6.45) is -3.89. The van der Waals surface area contributed by atoms with Crippen LogP contribution in [0.25, 0.3) is 0 Å². The number of phenols is 1. The predicted molar refractivity (Wildman–Crippen MR) is 58.8 cm³/mol. The van der Waals surface area contributed by atoms with E-state index in [1.165, 1.54) is 25.3 Å². The van der Waals surface area contributed by atoms with Crippen LogP contribution in [0.4, 0.5) is 13.2 Å². The number of hydrogen-bond acceptors (Lipinski definition) is 3. The van der Waals surface area contributed by atoms with E-state index in [0.29, 0.717) is 0 Å². The third kappa shape index (κ3) is 4.12. The molecule has 0 spiro atoms. The largest absolute Gasteiger partial charge is 0.504 e. The van der Waals surface area contributed by atoms with Crippen molar-refractivity contribution >= 4 is 5.78 Å². The highest BCUT2D eigenvalue weighted by atomic mass is 19.4. The van der Waals surface area contributed by atoms with E-state index in [1.54, 1.807) is 0 Å². The molecule has 0 heterocycles. The number of halogens is 3. The maximum absolute atomic E-state index is 11.9. The molecule has 0 atom stereocenters. The van der Waals surface area contributed by atoms with Gasteiger partial charge in [0.2, 0.25) is 0 Å². The average molecular weight is 260 g/mol. The van der Waals surface area contributed by atoms with Crippen molar-refractivity contribution < 1.29 is 27.8 Å². The fourth-order valence-corrected chi connectivity index (χ4v) is 1.23. The third-order valence-corrected chi connectivity index (χ3v) is 2.08. The van der Waals surface area contributed by atoms with Gasteiger partial charge in [0.15, 0.2) is 17.3 Å². The van der Waals surface area contributed by atoms with E-state index < -0.39 is 18.4 Å². The Hall–Kier alpha value is -1.98. The molecular weight excluding hydrogens is 249 g/mol. The van der Waals surface area contributed by atoms with Crippen molar-refractivity contribution in [3.63, 3.8) is 0 Å². The highest BCUT2D eigenvalue weighted by Crippen LogP contribution is 2.26. The zero-order valence-corrected chi connectivity index (χ0v) is 9.49. The Morgan fingerprint density at radius 1 is 1.44 bits per heavy atom. The molecule has 1 rings (SSSR count). The summed E-state index contributed by atoms with van der Waals surface area (Å²) in [5.74, 6) is -0.643. The molecule has 0 radical (unpaired) electrons. The molecule has 0 aliphatic heterocycles. The second kappa shape index (κ2) is 5.57. The molecule has 0 aliphatic carbocycles. The first-order chi connectivity index (χ1) is 8.33. The number of rotatable bonds is 4. The number of carbonyl (C=O) groups excluding carboxylic acids is 1. The van der Waals surface area contributed by atoms with Crippen LogP contribution in [0.15, 0.2) is 30.4 Å². The molecule has 0 bridgehead atoms. The second-order valence-electron chi connectivity index (χ2n) is 3.47. The molecule has 98 valence electrons. The van der Waals surface area contributed by atoms with Gasteiger partial charge in [-0.05, 0) is 24.3 Å². The lowest BCUT2D eigenvalue weighted by molar-refractivity contribution is -0.125. The zero-order valence-electron chi connectivity index (χ0n) is 9.49. The highest BCUT2D eigenvalue weighted by molar-refractivity contribution is 6.04. The van der Waals surface area contributed by atoms with Crippen LogP contribution in [-0.4, -0.2) is 24.2 Å². The monoisotopic (exact) mass is 260 g/mol. The highest BCUT2D eigenvalue weighted by Gasteiger charge is 2.24. The van der Waals surface area contributed by atoms with Gasteiger partial charge in [-0.2, -0.15) is 13.2 Å². The van der Waals surface area contributed by atoms with Crippen LogP contribution in [0, 0.1) is 0 Å². The zero-order chi connectivity index (χ0) is 13.8. The summed E-state index contributed by atoms with van der Waals surface area (Å²) >= 11 is 0. The van der Waals surface area contributed by atoms with Crippen molar-refractivity contribution in [2.75, 3.05) is 7.11 Å². The number of ketones is 1. The van der Waals surface area contributed by atoms with Gasteiger partial charge >= 0.3 is 6.18 Å². The number of allylic oxidation sites excluding steroid dienone is 2. The van der Waals surface area contributed by atoms with E-state index in [2.05, 4.69) is 0 Å². The molecule has 1 N–H and O–H groups in total. The van der Waals surface area contributed by atoms with Crippen LogP contribution in [0.5, 0.6) is 11.5 Å². The van der Waals surface area contributed by atoms with Crippen LogP contribution in [0.3, 0.4) is 0 Å². The molecule has 0 saturated carbocycles. The Kier molecular flexibility index (Phi) is 4.36. The summed E-state index contributed by atoms with van der Waals surface area (Å²) in [6, 6.07) is 3.80. The number of methoxy groups -OCH3 is 1. The van der Waals surface area contributed by atoms with Crippen molar-refractivity contribution in [1.29, 1.82) is 0 Å². The number of hydrogen-bond donors (Lipinski definition) is 1. The van der Waals surface area contributed by atoms with E-state index >= 15 is 0 Å². The van der Waals surface area contributed by atoms with Gasteiger partial charge in [0.1, 0.15) is 0 Å². The van der Waals surface area contributed by atoms with Crippen molar-refractivity contribution in [3.05, 3.63) is 35.9 Å². The first-order valence-electron chi connectivity index (χ1n) is 4.98. The van der Waals surface area contributed by atoms with Gasteiger partial charge < -0.3 is 9.84 Å². The van der Waals surface area contributed by atoms with Crippen LogP contribution in [-0.2, 0) is 0 Å². The van der Waals surface area contributed by atoms with Crippen molar-refractivity contribution in [3.8, 4) is 11.5 Å². The number of ether oxygens (including phenoxy) is 1. The molecule has 18 heavy (non-hydrogen) atoms. The van der Waals surface area contributed by atoms with Gasteiger partial charge in [0.25, 0.3) is 0 Å². The topological polar surface area (TPSA) is 46.5 Å². The summed E-state index contributed by atoms with van der Waals surface area (Å²) < 4.78 is 40.4. The van der Waals surface area contributed by atoms with Crippen LogP contribution < -0.4 is 4.74 Å². The normalized spacial score (nSPS) is 11.8. The van der Waals surface area contributed by atoms with Gasteiger partial charge in [-0.25, -0.2) is 0 Å². The molecular formula is C12H11F3O3. The first kappa shape index (κ1) is 14.1. The summed E-state index contributed by atoms with van der Waals surface area (Å²) in [7, 11) is 1.31. The first-order valence-corrected chi connectivity index (χ1v) is 4.98. The molecule has 0 aromatic heterocycles. The van der Waals surface area contributed by atoms with Crippen molar-refractivity contribution in [2.45, 2.75) is 12.6 Å². The Balaban J connectivity index is 2.79. The Morgan fingerprint density at radius 3 is 2.67 bits per heavy atom. The Bertz CT molecular complexity index is 464. The van der Waals surface area contributed by atoms with Crippen molar-refractivity contribution in [1.82, 2.24) is 0 Å². The minimum absolute atomic E-state index is 0.0880. The van der Waals surface area contributed by atoms with Crippen LogP contribution in [0.1, 0.15) is 16.8 Å². The number of alkyl halides is 3. The smallest absolute Gasteiger partial charge is 0.392 e. The molecule has 0 unspecified atom stereocenters. The molecule has 0 amide bonds. The van der Waals surface area contributed by atoms with Crippen LogP contribution in [0.2, 0.25) is 0 Å². The van der Waals surface area contributed by atoms with Gasteiger partial charge in [-0.15, -0.1) is 0 Å². The van der Waals surface area contributed by atoms with E-state index in [9.17, 15) is 23.1 Å². The number of aromatic hydroxyl groups is 1. The van der Waals surface area contributed by atoms with Gasteiger partial charge in [-0.1, -0.05) is 6.08 Å². The van der Waals surface area contributed by atoms with Gasteiger partial charge in [0.05, 0.1) is 13.5 Å². The molecule has 3 nitrogen and oxygen atoms in total. The standard InChI is InChI=1S/C12H11F3O3/c1-18-11-7-8(4-5-10(11)17)9(16)3-2-6-12(13,14)15/h2-5,7,17H,6H2,1H3/b3-2+. The van der Waals surface area contributed by atoms with Gasteiger partial charge in [0, 0.05) is 5.56 Å². The molecule has 1 aromatic carbocycles. The lowest BCUT2D eigenvalue weighted by Gasteiger charge is -2.04. The van der Waals surface area contributed by atoms with E-state index in [-0.39, 0.29) is 17.1 Å². The minimum atomic E-state index is -4.33.